The molecular weight excluding hydrogens is 358 g/mol. The first-order valence-electron chi connectivity index (χ1n) is 5.82. The summed E-state index contributed by atoms with van der Waals surface area (Å²) < 4.78 is 4.15. The van der Waals surface area contributed by atoms with E-state index in [4.69, 9.17) is 0 Å². The largest absolute Gasteiger partial charge is 0.378 e. The molecule has 0 amide bonds. The van der Waals surface area contributed by atoms with Crippen LogP contribution in [0.2, 0.25) is 0 Å². The van der Waals surface area contributed by atoms with Gasteiger partial charge in [0, 0.05) is 21.2 Å². The number of nitrogens with one attached hydrogen (secondary N) is 1. The maximum atomic E-state index is 4.44. The predicted molar refractivity (Wildman–Crippen MR) is 81.8 cm³/mol. The van der Waals surface area contributed by atoms with Crippen molar-refractivity contribution in [3.63, 3.8) is 0 Å². The summed E-state index contributed by atoms with van der Waals surface area (Å²) in [6, 6.07) is 8.20. The lowest BCUT2D eigenvalue weighted by Gasteiger charge is -2.10. The molecule has 96 valence electrons. The van der Waals surface area contributed by atoms with Gasteiger partial charge in [0.05, 0.1) is 17.9 Å². The first kappa shape index (κ1) is 13.6. The van der Waals surface area contributed by atoms with Crippen molar-refractivity contribution in [1.82, 2.24) is 9.78 Å². The molecule has 0 saturated carbocycles. The van der Waals surface area contributed by atoms with Crippen molar-refractivity contribution in [3.8, 4) is 0 Å². The third kappa shape index (κ3) is 3.14. The number of nitrogens with zero attached hydrogens (tertiary/aromatic N) is 2. The molecule has 1 aromatic heterocycles. The minimum absolute atomic E-state index is 0.768. The summed E-state index contributed by atoms with van der Waals surface area (Å²) in [5, 5.41) is 7.86. The van der Waals surface area contributed by atoms with E-state index in [0.29, 0.717) is 0 Å². The van der Waals surface area contributed by atoms with Crippen molar-refractivity contribution in [2.45, 2.75) is 26.9 Å². The normalized spacial score (nSPS) is 10.7. The highest BCUT2D eigenvalue weighted by atomic mass is 79.9. The van der Waals surface area contributed by atoms with E-state index >= 15 is 0 Å². The highest BCUT2D eigenvalue weighted by Gasteiger charge is 2.05. The van der Waals surface area contributed by atoms with Gasteiger partial charge < -0.3 is 5.32 Å². The fourth-order valence-corrected chi connectivity index (χ4v) is 2.58. The second-order valence-corrected chi connectivity index (χ2v) is 5.84. The van der Waals surface area contributed by atoms with Gasteiger partial charge in [-0.2, -0.15) is 5.10 Å². The number of aryl methyl sites for hydroxylation is 2. The van der Waals surface area contributed by atoms with Gasteiger partial charge in [0.2, 0.25) is 0 Å². The minimum Gasteiger partial charge on any atom is -0.378 e. The molecule has 0 unspecified atom stereocenters. The van der Waals surface area contributed by atoms with Gasteiger partial charge in [0.15, 0.2) is 0 Å². The van der Waals surface area contributed by atoms with Crippen LogP contribution in [0, 0.1) is 6.92 Å². The van der Waals surface area contributed by atoms with E-state index in [1.54, 1.807) is 0 Å². The summed E-state index contributed by atoms with van der Waals surface area (Å²) >= 11 is 7.02. The molecule has 5 heteroatoms. The van der Waals surface area contributed by atoms with Gasteiger partial charge in [0.25, 0.3) is 0 Å². The molecule has 1 N–H and O–H groups in total. The number of halogens is 2. The molecular formula is C13H15Br2N3. The average Bonchev–Trinajstić information content (AvgIpc) is 2.71. The summed E-state index contributed by atoms with van der Waals surface area (Å²) in [4.78, 5) is 0. The van der Waals surface area contributed by atoms with Crippen LogP contribution in [0.4, 0.5) is 5.69 Å². The lowest BCUT2D eigenvalue weighted by atomic mass is 10.3. The summed E-state index contributed by atoms with van der Waals surface area (Å²) in [6.07, 6.45) is 0. The van der Waals surface area contributed by atoms with Crippen LogP contribution in [-0.4, -0.2) is 9.78 Å². The van der Waals surface area contributed by atoms with Crippen molar-refractivity contribution < 1.29 is 0 Å². The summed E-state index contributed by atoms with van der Waals surface area (Å²) in [5.41, 5.74) is 3.33. The Morgan fingerprint density at radius 1 is 1.28 bits per heavy atom. The standard InChI is InChI=1S/C13H15Br2N3/c1-3-18-11(6-9(2)17-18)8-16-13-7-10(14)4-5-12(13)15/h4-7,16H,3,8H2,1-2H3. The smallest absolute Gasteiger partial charge is 0.0597 e. The first-order valence-corrected chi connectivity index (χ1v) is 7.41. The van der Waals surface area contributed by atoms with Crippen LogP contribution < -0.4 is 5.32 Å². The Balaban J connectivity index is 2.13. The van der Waals surface area contributed by atoms with Gasteiger partial charge >= 0.3 is 0 Å². The Morgan fingerprint density at radius 2 is 2.06 bits per heavy atom. The SMILES string of the molecule is CCn1nc(C)cc1CNc1cc(Br)ccc1Br. The predicted octanol–water partition coefficient (Wildman–Crippen LogP) is 4.35. The van der Waals surface area contributed by atoms with E-state index in [9.17, 15) is 0 Å². The van der Waals surface area contributed by atoms with Gasteiger partial charge in [-0.15, -0.1) is 0 Å². The van der Waals surface area contributed by atoms with Gasteiger partial charge in [0.1, 0.15) is 0 Å². The number of benzene rings is 1. The number of rotatable bonds is 4. The average molecular weight is 373 g/mol. The van der Waals surface area contributed by atoms with Crippen molar-refractivity contribution in [2.75, 3.05) is 5.32 Å². The first-order chi connectivity index (χ1) is 8.60. The summed E-state index contributed by atoms with van der Waals surface area (Å²) in [7, 11) is 0. The number of hydrogen-bond acceptors (Lipinski definition) is 2. The second-order valence-electron chi connectivity index (χ2n) is 4.07. The van der Waals surface area contributed by atoms with Gasteiger partial charge in [-0.3, -0.25) is 4.68 Å². The van der Waals surface area contributed by atoms with Crippen LogP contribution in [0.3, 0.4) is 0 Å². The van der Waals surface area contributed by atoms with Gasteiger partial charge in [-0.25, -0.2) is 0 Å². The molecule has 1 heterocycles. The quantitative estimate of drug-likeness (QED) is 0.864. The Kier molecular flexibility index (Phi) is 4.45. The second kappa shape index (κ2) is 5.89. The summed E-state index contributed by atoms with van der Waals surface area (Å²) in [6.45, 7) is 5.78. The minimum atomic E-state index is 0.768. The zero-order valence-corrected chi connectivity index (χ0v) is 13.5. The molecule has 2 rings (SSSR count). The molecule has 0 atom stereocenters. The van der Waals surface area contributed by atoms with Crippen LogP contribution in [0.15, 0.2) is 33.2 Å². The van der Waals surface area contributed by atoms with Crippen molar-refractivity contribution >= 4 is 37.5 Å². The summed E-state index contributed by atoms with van der Waals surface area (Å²) in [5.74, 6) is 0. The van der Waals surface area contributed by atoms with E-state index in [-0.39, 0.29) is 0 Å². The third-order valence-electron chi connectivity index (χ3n) is 2.67. The molecule has 1 aromatic carbocycles. The van der Waals surface area contributed by atoms with Crippen LogP contribution in [-0.2, 0) is 13.1 Å². The molecule has 0 aliphatic rings. The van der Waals surface area contributed by atoms with Crippen LogP contribution in [0.25, 0.3) is 0 Å². The molecule has 2 aromatic rings. The lowest BCUT2D eigenvalue weighted by molar-refractivity contribution is 0.623. The van der Waals surface area contributed by atoms with E-state index in [2.05, 4.69) is 61.3 Å². The lowest BCUT2D eigenvalue weighted by Crippen LogP contribution is -2.08. The maximum absolute atomic E-state index is 4.44. The van der Waals surface area contributed by atoms with E-state index in [1.807, 2.05) is 23.7 Å². The molecule has 0 bridgehead atoms. The highest BCUT2D eigenvalue weighted by molar-refractivity contribution is 9.11. The number of hydrogen-bond donors (Lipinski definition) is 1. The fraction of sp³-hybridized carbons (Fsp3) is 0.308. The van der Waals surface area contributed by atoms with Crippen LogP contribution >= 0.6 is 31.9 Å². The topological polar surface area (TPSA) is 29.9 Å². The Morgan fingerprint density at radius 3 is 2.78 bits per heavy atom. The highest BCUT2D eigenvalue weighted by Crippen LogP contribution is 2.26. The van der Waals surface area contributed by atoms with Crippen LogP contribution in [0.5, 0.6) is 0 Å². The zero-order valence-electron chi connectivity index (χ0n) is 10.4. The Labute approximate surface area is 124 Å². The van der Waals surface area contributed by atoms with E-state index < -0.39 is 0 Å². The molecule has 0 saturated heterocycles. The molecule has 0 aliphatic heterocycles. The number of aromatic nitrogens is 2. The van der Waals surface area contributed by atoms with E-state index in [1.165, 1.54) is 5.69 Å². The Bertz CT molecular complexity index is 549. The van der Waals surface area contributed by atoms with E-state index in [0.717, 1.165) is 33.4 Å². The molecule has 0 fully saturated rings. The maximum Gasteiger partial charge on any atom is 0.0597 e. The van der Waals surface area contributed by atoms with Crippen molar-refractivity contribution in [2.24, 2.45) is 0 Å². The molecule has 18 heavy (non-hydrogen) atoms. The van der Waals surface area contributed by atoms with Gasteiger partial charge in [-0.05, 0) is 54.0 Å². The molecule has 0 radical (unpaired) electrons. The third-order valence-corrected chi connectivity index (χ3v) is 3.86. The van der Waals surface area contributed by atoms with Crippen molar-refractivity contribution in [1.29, 1.82) is 0 Å². The molecule has 3 nitrogen and oxygen atoms in total. The zero-order chi connectivity index (χ0) is 13.1. The number of anilines is 1. The van der Waals surface area contributed by atoms with Gasteiger partial charge in [-0.1, -0.05) is 15.9 Å². The van der Waals surface area contributed by atoms with Crippen molar-refractivity contribution in [3.05, 3.63) is 44.6 Å². The van der Waals surface area contributed by atoms with Crippen LogP contribution in [0.1, 0.15) is 18.3 Å². The molecule has 0 spiro atoms. The Hall–Kier alpha value is -0.810. The fourth-order valence-electron chi connectivity index (χ4n) is 1.83. The molecule has 0 aliphatic carbocycles. The monoisotopic (exact) mass is 371 g/mol.